The van der Waals surface area contributed by atoms with Crippen molar-refractivity contribution < 1.29 is 9.13 Å². The molecule has 0 bridgehead atoms. The first-order valence-electron chi connectivity index (χ1n) is 5.88. The highest BCUT2D eigenvalue weighted by Crippen LogP contribution is 2.31. The molecule has 0 aromatic heterocycles. The first-order chi connectivity index (χ1) is 9.04. The smallest absolute Gasteiger partial charge is 0.129 e. The van der Waals surface area contributed by atoms with Gasteiger partial charge in [0.1, 0.15) is 11.6 Å². The Kier molecular flexibility index (Phi) is 4.22. The number of nitrogens with two attached hydrogens (primary N) is 1. The highest BCUT2D eigenvalue weighted by molar-refractivity contribution is 9.10. The number of hydrogen-bond acceptors (Lipinski definition) is 2. The second kappa shape index (κ2) is 5.72. The minimum atomic E-state index is -0.514. The van der Waals surface area contributed by atoms with Crippen molar-refractivity contribution in [1.82, 2.24) is 0 Å². The molecule has 0 aliphatic rings. The quantitative estimate of drug-likeness (QED) is 0.928. The normalized spacial score (nSPS) is 12.3. The van der Waals surface area contributed by atoms with E-state index < -0.39 is 6.04 Å². The van der Waals surface area contributed by atoms with Gasteiger partial charge in [0.05, 0.1) is 13.2 Å². The van der Waals surface area contributed by atoms with E-state index in [9.17, 15) is 4.39 Å². The maximum atomic E-state index is 13.9. The summed E-state index contributed by atoms with van der Waals surface area (Å²) in [6.07, 6.45) is 0. The van der Waals surface area contributed by atoms with Gasteiger partial charge in [-0.2, -0.15) is 0 Å². The summed E-state index contributed by atoms with van der Waals surface area (Å²) in [7, 11) is 1.62. The molecule has 4 heteroatoms. The lowest BCUT2D eigenvalue weighted by molar-refractivity contribution is 0.411. The standard InChI is InChI=1S/C15H15BrFNO/c1-9-8-10(6-7-13(9)19-2)15(18)14-11(16)4-3-5-12(14)17/h3-8,15H,18H2,1-2H3. The Balaban J connectivity index is 2.44. The monoisotopic (exact) mass is 323 g/mol. The summed E-state index contributed by atoms with van der Waals surface area (Å²) in [6.45, 7) is 1.94. The van der Waals surface area contributed by atoms with Crippen LogP contribution in [0.2, 0.25) is 0 Å². The molecule has 0 saturated heterocycles. The zero-order valence-corrected chi connectivity index (χ0v) is 12.4. The van der Waals surface area contributed by atoms with Gasteiger partial charge in [-0.25, -0.2) is 4.39 Å². The van der Waals surface area contributed by atoms with E-state index in [4.69, 9.17) is 10.5 Å². The summed E-state index contributed by atoms with van der Waals surface area (Å²) >= 11 is 3.35. The fourth-order valence-corrected chi connectivity index (χ4v) is 2.66. The van der Waals surface area contributed by atoms with E-state index in [1.54, 1.807) is 19.2 Å². The van der Waals surface area contributed by atoms with E-state index in [1.807, 2.05) is 25.1 Å². The van der Waals surface area contributed by atoms with Crippen molar-refractivity contribution in [3.8, 4) is 5.75 Å². The summed E-state index contributed by atoms with van der Waals surface area (Å²) in [5.74, 6) is 0.485. The number of benzene rings is 2. The van der Waals surface area contributed by atoms with Gasteiger partial charge in [0.25, 0.3) is 0 Å². The zero-order valence-electron chi connectivity index (χ0n) is 10.8. The van der Waals surface area contributed by atoms with Crippen LogP contribution in [0.5, 0.6) is 5.75 Å². The van der Waals surface area contributed by atoms with Crippen molar-refractivity contribution in [2.45, 2.75) is 13.0 Å². The molecule has 2 rings (SSSR count). The van der Waals surface area contributed by atoms with Crippen molar-refractivity contribution in [2.24, 2.45) is 5.73 Å². The van der Waals surface area contributed by atoms with E-state index >= 15 is 0 Å². The summed E-state index contributed by atoms with van der Waals surface area (Å²) in [5, 5.41) is 0. The van der Waals surface area contributed by atoms with Crippen LogP contribution in [0.25, 0.3) is 0 Å². The largest absolute Gasteiger partial charge is 0.496 e. The predicted octanol–water partition coefficient (Wildman–Crippen LogP) is 3.95. The Morgan fingerprint density at radius 1 is 1.26 bits per heavy atom. The molecule has 2 aromatic rings. The highest BCUT2D eigenvalue weighted by atomic mass is 79.9. The maximum Gasteiger partial charge on any atom is 0.129 e. The topological polar surface area (TPSA) is 35.2 Å². The van der Waals surface area contributed by atoms with E-state index in [1.165, 1.54) is 6.07 Å². The molecule has 0 radical (unpaired) electrons. The molecule has 0 amide bonds. The van der Waals surface area contributed by atoms with E-state index in [-0.39, 0.29) is 5.82 Å². The third-order valence-corrected chi connectivity index (χ3v) is 3.78. The molecule has 0 aliphatic carbocycles. The molecule has 0 aliphatic heterocycles. The van der Waals surface area contributed by atoms with Gasteiger partial charge in [0.2, 0.25) is 0 Å². The first-order valence-corrected chi connectivity index (χ1v) is 6.68. The Morgan fingerprint density at radius 3 is 2.58 bits per heavy atom. The summed E-state index contributed by atoms with van der Waals surface area (Å²) in [5.41, 5.74) is 8.46. The molecular weight excluding hydrogens is 309 g/mol. The van der Waals surface area contributed by atoms with Crippen LogP contribution in [0.4, 0.5) is 4.39 Å². The van der Waals surface area contributed by atoms with E-state index in [0.29, 0.717) is 10.0 Å². The number of rotatable bonds is 3. The number of halogens is 2. The molecule has 0 heterocycles. The van der Waals surface area contributed by atoms with Gasteiger partial charge >= 0.3 is 0 Å². The lowest BCUT2D eigenvalue weighted by Crippen LogP contribution is -2.14. The van der Waals surface area contributed by atoms with Crippen LogP contribution in [-0.2, 0) is 0 Å². The third-order valence-electron chi connectivity index (χ3n) is 3.09. The summed E-state index contributed by atoms with van der Waals surface area (Å²) < 4.78 is 19.8. The molecule has 1 atom stereocenters. The van der Waals surface area contributed by atoms with Crippen molar-refractivity contribution in [1.29, 1.82) is 0 Å². The van der Waals surface area contributed by atoms with Crippen molar-refractivity contribution in [2.75, 3.05) is 7.11 Å². The molecule has 2 nitrogen and oxygen atoms in total. The lowest BCUT2D eigenvalue weighted by atomic mass is 9.97. The minimum absolute atomic E-state index is 0.310. The Morgan fingerprint density at radius 2 is 2.00 bits per heavy atom. The van der Waals surface area contributed by atoms with Crippen LogP contribution in [0.15, 0.2) is 40.9 Å². The second-order valence-corrected chi connectivity index (χ2v) is 5.20. The van der Waals surface area contributed by atoms with Crippen molar-refractivity contribution >= 4 is 15.9 Å². The molecule has 100 valence electrons. The van der Waals surface area contributed by atoms with Crippen molar-refractivity contribution in [3.05, 3.63) is 63.4 Å². The van der Waals surface area contributed by atoms with Crippen LogP contribution in [0.3, 0.4) is 0 Å². The third kappa shape index (κ3) is 2.80. The molecule has 0 fully saturated rings. The van der Waals surface area contributed by atoms with Gasteiger partial charge in [-0.15, -0.1) is 0 Å². The van der Waals surface area contributed by atoms with E-state index in [0.717, 1.165) is 16.9 Å². The predicted molar refractivity (Wildman–Crippen MR) is 77.9 cm³/mol. The molecule has 0 spiro atoms. The Hall–Kier alpha value is -1.39. The Labute approximate surface area is 120 Å². The van der Waals surface area contributed by atoms with Crippen LogP contribution in [-0.4, -0.2) is 7.11 Å². The average Bonchev–Trinajstić information content (AvgIpc) is 2.38. The van der Waals surface area contributed by atoms with Gasteiger partial charge in [-0.1, -0.05) is 34.1 Å². The minimum Gasteiger partial charge on any atom is -0.496 e. The van der Waals surface area contributed by atoms with Crippen LogP contribution >= 0.6 is 15.9 Å². The number of methoxy groups -OCH3 is 1. The fourth-order valence-electron chi connectivity index (χ4n) is 2.07. The van der Waals surface area contributed by atoms with Crippen LogP contribution in [0.1, 0.15) is 22.7 Å². The molecule has 1 unspecified atom stereocenters. The zero-order chi connectivity index (χ0) is 14.0. The van der Waals surface area contributed by atoms with Gasteiger partial charge in [0, 0.05) is 10.0 Å². The molecule has 2 N–H and O–H groups in total. The van der Waals surface area contributed by atoms with Crippen LogP contribution in [0, 0.1) is 12.7 Å². The van der Waals surface area contributed by atoms with Gasteiger partial charge in [-0.05, 0) is 36.2 Å². The number of aryl methyl sites for hydroxylation is 1. The molecule has 2 aromatic carbocycles. The molecular formula is C15H15BrFNO. The van der Waals surface area contributed by atoms with Crippen LogP contribution < -0.4 is 10.5 Å². The highest BCUT2D eigenvalue weighted by Gasteiger charge is 2.17. The summed E-state index contributed by atoms with van der Waals surface area (Å²) in [4.78, 5) is 0. The maximum absolute atomic E-state index is 13.9. The van der Waals surface area contributed by atoms with Gasteiger partial charge in [0.15, 0.2) is 0 Å². The Bertz CT molecular complexity index is 580. The number of hydrogen-bond donors (Lipinski definition) is 1. The first kappa shape index (κ1) is 14.0. The fraction of sp³-hybridized carbons (Fsp3) is 0.200. The van der Waals surface area contributed by atoms with Gasteiger partial charge < -0.3 is 10.5 Å². The van der Waals surface area contributed by atoms with Crippen molar-refractivity contribution in [3.63, 3.8) is 0 Å². The molecule has 19 heavy (non-hydrogen) atoms. The average molecular weight is 324 g/mol. The summed E-state index contributed by atoms with van der Waals surface area (Å²) in [6, 6.07) is 9.96. The molecule has 0 saturated carbocycles. The second-order valence-electron chi connectivity index (χ2n) is 4.34. The number of ether oxygens (including phenoxy) is 1. The lowest BCUT2D eigenvalue weighted by Gasteiger charge is -2.16. The SMILES string of the molecule is COc1ccc(C(N)c2c(F)cccc2Br)cc1C. The van der Waals surface area contributed by atoms with Gasteiger partial charge in [-0.3, -0.25) is 0 Å². The van der Waals surface area contributed by atoms with E-state index in [2.05, 4.69) is 15.9 Å².